The van der Waals surface area contributed by atoms with Gasteiger partial charge in [-0.3, -0.25) is 0 Å². The molecular formula is C17H24OS. The van der Waals surface area contributed by atoms with Gasteiger partial charge in [-0.25, -0.2) is 0 Å². The van der Waals surface area contributed by atoms with Crippen molar-refractivity contribution in [2.75, 3.05) is 5.75 Å². The molecule has 0 fully saturated rings. The van der Waals surface area contributed by atoms with Crippen LogP contribution >= 0.6 is 11.8 Å². The summed E-state index contributed by atoms with van der Waals surface area (Å²) in [5, 5.41) is 10.4. The maximum Gasteiger partial charge on any atom is 0.0783 e. The van der Waals surface area contributed by atoms with Gasteiger partial charge in [0.25, 0.3) is 0 Å². The van der Waals surface area contributed by atoms with Crippen molar-refractivity contribution in [1.82, 2.24) is 0 Å². The third kappa shape index (κ3) is 4.70. The third-order valence-electron chi connectivity index (χ3n) is 3.74. The second kappa shape index (κ2) is 7.76. The van der Waals surface area contributed by atoms with E-state index in [1.807, 2.05) is 11.8 Å². The summed E-state index contributed by atoms with van der Waals surface area (Å²) in [6.45, 7) is 2.16. The van der Waals surface area contributed by atoms with E-state index < -0.39 is 0 Å². The molecule has 104 valence electrons. The van der Waals surface area contributed by atoms with Crippen LogP contribution in [0.5, 0.6) is 0 Å². The van der Waals surface area contributed by atoms with Gasteiger partial charge in [0.1, 0.15) is 0 Å². The Labute approximate surface area is 121 Å². The van der Waals surface area contributed by atoms with Gasteiger partial charge in [0.05, 0.1) is 6.10 Å². The summed E-state index contributed by atoms with van der Waals surface area (Å²) < 4.78 is 0. The lowest BCUT2D eigenvalue weighted by molar-refractivity contribution is 0.156. The molecule has 1 aromatic rings. The Kier molecular flexibility index (Phi) is 5.99. The quantitative estimate of drug-likeness (QED) is 0.776. The van der Waals surface area contributed by atoms with E-state index in [1.54, 1.807) is 0 Å². The van der Waals surface area contributed by atoms with Crippen LogP contribution in [0.3, 0.4) is 0 Å². The maximum absolute atomic E-state index is 10.4. The highest BCUT2D eigenvalue weighted by Gasteiger charge is 2.19. The molecule has 19 heavy (non-hydrogen) atoms. The summed E-state index contributed by atoms with van der Waals surface area (Å²) in [4.78, 5) is 0. The molecule has 1 aliphatic rings. The highest BCUT2D eigenvalue weighted by molar-refractivity contribution is 7.98. The lowest BCUT2D eigenvalue weighted by atomic mass is 9.90. The van der Waals surface area contributed by atoms with Gasteiger partial charge < -0.3 is 5.11 Å². The van der Waals surface area contributed by atoms with Crippen LogP contribution in [0.1, 0.15) is 38.2 Å². The molecule has 0 bridgehead atoms. The van der Waals surface area contributed by atoms with Crippen LogP contribution in [0.4, 0.5) is 0 Å². The molecule has 1 N–H and O–H groups in total. The average Bonchev–Trinajstić information content (AvgIpc) is 2.48. The van der Waals surface area contributed by atoms with Crippen LogP contribution in [0.25, 0.3) is 0 Å². The first kappa shape index (κ1) is 14.7. The van der Waals surface area contributed by atoms with Crippen LogP contribution in [-0.2, 0) is 5.75 Å². The van der Waals surface area contributed by atoms with E-state index in [0.717, 1.165) is 24.3 Å². The SMILES string of the molecule is C[C@@H](CSCc1ccccc1)[C@H](O)C1=CCCCC1. The summed E-state index contributed by atoms with van der Waals surface area (Å²) in [6, 6.07) is 10.5. The fourth-order valence-electron chi connectivity index (χ4n) is 2.53. The second-order valence-electron chi connectivity index (χ2n) is 5.45. The van der Waals surface area contributed by atoms with E-state index in [-0.39, 0.29) is 6.10 Å². The van der Waals surface area contributed by atoms with Crippen molar-refractivity contribution in [3.05, 3.63) is 47.5 Å². The highest BCUT2D eigenvalue weighted by atomic mass is 32.2. The van der Waals surface area contributed by atoms with E-state index in [0.29, 0.717) is 5.92 Å². The number of aliphatic hydroxyl groups is 1. The molecule has 1 aromatic carbocycles. The minimum absolute atomic E-state index is 0.233. The van der Waals surface area contributed by atoms with Crippen molar-refractivity contribution in [3.8, 4) is 0 Å². The fourth-order valence-corrected chi connectivity index (χ4v) is 3.63. The Bertz CT molecular complexity index is 399. The van der Waals surface area contributed by atoms with Gasteiger partial charge in [0.15, 0.2) is 0 Å². The number of aliphatic hydroxyl groups excluding tert-OH is 1. The first-order valence-corrected chi connectivity index (χ1v) is 8.41. The Morgan fingerprint density at radius 1 is 1.21 bits per heavy atom. The minimum atomic E-state index is -0.233. The van der Waals surface area contributed by atoms with Gasteiger partial charge in [-0.1, -0.05) is 43.3 Å². The number of rotatable bonds is 6. The van der Waals surface area contributed by atoms with Gasteiger partial charge in [-0.05, 0) is 48.5 Å². The molecule has 0 saturated carbocycles. The topological polar surface area (TPSA) is 20.2 Å². The lowest BCUT2D eigenvalue weighted by Crippen LogP contribution is -2.23. The van der Waals surface area contributed by atoms with Crippen molar-refractivity contribution in [2.45, 2.75) is 44.5 Å². The van der Waals surface area contributed by atoms with Crippen LogP contribution in [0, 0.1) is 5.92 Å². The van der Waals surface area contributed by atoms with Crippen molar-refractivity contribution >= 4 is 11.8 Å². The largest absolute Gasteiger partial charge is 0.388 e. The fraction of sp³-hybridized carbons (Fsp3) is 0.529. The Balaban J connectivity index is 1.74. The molecule has 0 radical (unpaired) electrons. The molecule has 1 nitrogen and oxygen atoms in total. The summed E-state index contributed by atoms with van der Waals surface area (Å²) in [5.41, 5.74) is 2.64. The van der Waals surface area contributed by atoms with E-state index in [9.17, 15) is 5.11 Å². The molecule has 0 amide bonds. The Morgan fingerprint density at radius 3 is 2.68 bits per heavy atom. The van der Waals surface area contributed by atoms with Gasteiger partial charge in [-0.15, -0.1) is 0 Å². The molecule has 0 unspecified atom stereocenters. The minimum Gasteiger partial charge on any atom is -0.388 e. The summed E-state index contributed by atoms with van der Waals surface area (Å²) >= 11 is 1.92. The van der Waals surface area contributed by atoms with E-state index in [4.69, 9.17) is 0 Å². The zero-order valence-electron chi connectivity index (χ0n) is 11.7. The number of benzene rings is 1. The molecule has 2 atom stereocenters. The number of hydrogen-bond donors (Lipinski definition) is 1. The normalized spacial score (nSPS) is 18.7. The summed E-state index contributed by atoms with van der Waals surface area (Å²) in [5.74, 6) is 2.41. The zero-order chi connectivity index (χ0) is 13.5. The number of hydrogen-bond acceptors (Lipinski definition) is 2. The van der Waals surface area contributed by atoms with E-state index in [2.05, 4.69) is 43.3 Å². The van der Waals surface area contributed by atoms with Gasteiger partial charge in [-0.2, -0.15) is 11.8 Å². The lowest BCUT2D eigenvalue weighted by Gasteiger charge is -2.24. The second-order valence-corrected chi connectivity index (χ2v) is 6.48. The van der Waals surface area contributed by atoms with Crippen molar-refractivity contribution < 1.29 is 5.11 Å². The standard InChI is InChI=1S/C17H24OS/c1-14(17(18)16-10-6-3-7-11-16)12-19-13-15-8-4-2-5-9-15/h2,4-5,8-10,14,17-18H,3,6-7,11-13H2,1H3/t14-,17-/m0/s1. The van der Waals surface area contributed by atoms with E-state index >= 15 is 0 Å². The predicted molar refractivity (Wildman–Crippen MR) is 84.3 cm³/mol. The Morgan fingerprint density at radius 2 is 2.00 bits per heavy atom. The monoisotopic (exact) mass is 276 g/mol. The van der Waals surface area contributed by atoms with Gasteiger partial charge in [0, 0.05) is 5.75 Å². The highest BCUT2D eigenvalue weighted by Crippen LogP contribution is 2.26. The molecule has 2 rings (SSSR count). The van der Waals surface area contributed by atoms with E-state index in [1.165, 1.54) is 24.0 Å². The molecule has 0 aliphatic heterocycles. The molecular weight excluding hydrogens is 252 g/mol. The Hall–Kier alpha value is -0.730. The van der Waals surface area contributed by atoms with Crippen molar-refractivity contribution in [3.63, 3.8) is 0 Å². The molecule has 0 spiro atoms. The third-order valence-corrected chi connectivity index (χ3v) is 5.04. The van der Waals surface area contributed by atoms with Crippen molar-refractivity contribution in [2.24, 2.45) is 5.92 Å². The van der Waals surface area contributed by atoms with Crippen LogP contribution in [-0.4, -0.2) is 17.0 Å². The van der Waals surface area contributed by atoms with Gasteiger partial charge >= 0.3 is 0 Å². The summed E-state index contributed by atoms with van der Waals surface area (Å²) in [6.07, 6.45) is 6.79. The smallest absolute Gasteiger partial charge is 0.0783 e. The van der Waals surface area contributed by atoms with Crippen molar-refractivity contribution in [1.29, 1.82) is 0 Å². The average molecular weight is 276 g/mol. The van der Waals surface area contributed by atoms with Crippen LogP contribution in [0.15, 0.2) is 42.0 Å². The van der Waals surface area contributed by atoms with Crippen LogP contribution in [0.2, 0.25) is 0 Å². The first-order valence-electron chi connectivity index (χ1n) is 7.26. The molecule has 0 heterocycles. The predicted octanol–water partition coefficient (Wildman–Crippen LogP) is 4.42. The molecule has 1 aliphatic carbocycles. The van der Waals surface area contributed by atoms with Gasteiger partial charge in [0.2, 0.25) is 0 Å². The summed E-state index contributed by atoms with van der Waals surface area (Å²) in [7, 11) is 0. The zero-order valence-corrected chi connectivity index (χ0v) is 12.5. The first-order chi connectivity index (χ1) is 9.27. The molecule has 0 saturated heterocycles. The number of allylic oxidation sites excluding steroid dienone is 1. The molecule has 0 aromatic heterocycles. The molecule has 2 heteroatoms. The maximum atomic E-state index is 10.4. The van der Waals surface area contributed by atoms with Crippen LogP contribution < -0.4 is 0 Å². The number of thioether (sulfide) groups is 1.